The number of aliphatic hydroxyl groups is 1. The van der Waals surface area contributed by atoms with E-state index in [1.165, 1.54) is 30.3 Å². The molecule has 0 aliphatic rings. The van der Waals surface area contributed by atoms with Crippen LogP contribution in [0.3, 0.4) is 0 Å². The summed E-state index contributed by atoms with van der Waals surface area (Å²) in [7, 11) is 0. The van der Waals surface area contributed by atoms with E-state index in [1.807, 2.05) is 0 Å². The van der Waals surface area contributed by atoms with Crippen LogP contribution in [0.15, 0.2) is 48.5 Å². The normalized spacial score (nSPS) is 10.7. The maximum atomic E-state index is 11.8. The Morgan fingerprint density at radius 2 is 1.23 bits per heavy atom. The molecule has 2 rings (SSSR count). The molecule has 0 bridgehead atoms. The van der Waals surface area contributed by atoms with Crippen LogP contribution in [0.4, 0.5) is 26.3 Å². The Morgan fingerprint density at radius 1 is 0.806 bits per heavy atom. The molecular formula is C18H15ClF6O6. The number of aliphatic hydroxyl groups excluding tert-OH is 1. The van der Waals surface area contributed by atoms with Gasteiger partial charge in [-0.15, -0.1) is 0 Å². The summed E-state index contributed by atoms with van der Waals surface area (Å²) in [5.74, 6) is -2.61. The summed E-state index contributed by atoms with van der Waals surface area (Å²) in [4.78, 5) is 20.9. The van der Waals surface area contributed by atoms with Crippen LogP contribution < -0.4 is 4.74 Å². The van der Waals surface area contributed by atoms with E-state index >= 15 is 0 Å². The third-order valence-electron chi connectivity index (χ3n) is 2.79. The van der Waals surface area contributed by atoms with Crippen molar-refractivity contribution in [2.45, 2.75) is 12.4 Å². The first-order valence-electron chi connectivity index (χ1n) is 7.85. The molecule has 0 aliphatic carbocycles. The fraction of sp³-hybridized carbons (Fsp3) is 0.222. The van der Waals surface area contributed by atoms with Crippen molar-refractivity contribution < 1.29 is 56.0 Å². The standard InChI is InChI=1S/C9H7F3O3.C7H5ClO2.C2H3F3O/c10-9(11,12)5-15-7-4-2-1-3-6(7)8(13)14;8-6-4-2-1-3-5(6)7(9)10;3-2(4,5)1-6/h1-4H,5H2,(H,13,14);1-4H,(H,9,10);6H,1H2. The highest BCUT2D eigenvalue weighted by Crippen LogP contribution is 2.22. The van der Waals surface area contributed by atoms with Crippen molar-refractivity contribution in [3.63, 3.8) is 0 Å². The lowest BCUT2D eigenvalue weighted by Gasteiger charge is -2.10. The molecule has 0 aromatic heterocycles. The van der Waals surface area contributed by atoms with Crippen LogP contribution in [0.25, 0.3) is 0 Å². The molecular weight excluding hydrogens is 462 g/mol. The molecule has 0 saturated heterocycles. The summed E-state index contributed by atoms with van der Waals surface area (Å²) >= 11 is 5.54. The number of hydrogen-bond acceptors (Lipinski definition) is 4. The van der Waals surface area contributed by atoms with E-state index in [1.54, 1.807) is 18.2 Å². The number of ether oxygens (including phenoxy) is 1. The van der Waals surface area contributed by atoms with Crippen LogP contribution in [0.5, 0.6) is 5.75 Å². The van der Waals surface area contributed by atoms with Crippen molar-refractivity contribution in [2.24, 2.45) is 0 Å². The molecule has 0 radical (unpaired) electrons. The molecule has 0 saturated carbocycles. The zero-order valence-corrected chi connectivity index (χ0v) is 16.0. The van der Waals surface area contributed by atoms with Gasteiger partial charge in [0.05, 0.1) is 10.6 Å². The number of carboxylic acids is 2. The van der Waals surface area contributed by atoms with Crippen molar-refractivity contribution in [2.75, 3.05) is 13.2 Å². The van der Waals surface area contributed by atoms with Crippen LogP contribution in [0, 0.1) is 0 Å². The molecule has 172 valence electrons. The van der Waals surface area contributed by atoms with Gasteiger partial charge in [-0.3, -0.25) is 0 Å². The lowest BCUT2D eigenvalue weighted by Crippen LogP contribution is -2.20. The smallest absolute Gasteiger partial charge is 0.422 e. The summed E-state index contributed by atoms with van der Waals surface area (Å²) < 4.78 is 71.4. The van der Waals surface area contributed by atoms with Gasteiger partial charge in [-0.1, -0.05) is 35.9 Å². The monoisotopic (exact) mass is 476 g/mol. The topological polar surface area (TPSA) is 104 Å². The van der Waals surface area contributed by atoms with E-state index < -0.39 is 37.5 Å². The van der Waals surface area contributed by atoms with Gasteiger partial charge in [0.25, 0.3) is 0 Å². The third kappa shape index (κ3) is 13.0. The average Bonchev–Trinajstić information content (AvgIpc) is 2.66. The van der Waals surface area contributed by atoms with Crippen LogP contribution in [-0.4, -0.2) is 52.8 Å². The van der Waals surface area contributed by atoms with E-state index in [-0.39, 0.29) is 21.9 Å². The molecule has 3 N–H and O–H groups in total. The molecule has 6 nitrogen and oxygen atoms in total. The van der Waals surface area contributed by atoms with Gasteiger partial charge in [0.15, 0.2) is 6.61 Å². The minimum Gasteiger partial charge on any atom is -0.483 e. The fourth-order valence-electron chi connectivity index (χ4n) is 1.56. The first-order valence-corrected chi connectivity index (χ1v) is 8.23. The minimum absolute atomic E-state index is 0.143. The van der Waals surface area contributed by atoms with Crippen LogP contribution in [-0.2, 0) is 0 Å². The average molecular weight is 477 g/mol. The van der Waals surface area contributed by atoms with Gasteiger partial charge in [-0.2, -0.15) is 26.3 Å². The van der Waals surface area contributed by atoms with Crippen molar-refractivity contribution in [3.8, 4) is 5.75 Å². The molecule has 0 amide bonds. The van der Waals surface area contributed by atoms with Crippen molar-refractivity contribution >= 4 is 23.5 Å². The van der Waals surface area contributed by atoms with E-state index in [2.05, 4.69) is 4.74 Å². The van der Waals surface area contributed by atoms with Crippen molar-refractivity contribution in [1.82, 2.24) is 0 Å². The molecule has 0 atom stereocenters. The maximum Gasteiger partial charge on any atom is 0.422 e. The second-order valence-corrected chi connectivity index (χ2v) is 5.67. The van der Waals surface area contributed by atoms with E-state index in [9.17, 15) is 35.9 Å². The zero-order valence-electron chi connectivity index (χ0n) is 15.2. The van der Waals surface area contributed by atoms with E-state index in [0.717, 1.165) is 0 Å². The lowest BCUT2D eigenvalue weighted by molar-refractivity contribution is -0.159. The molecule has 0 spiro atoms. The van der Waals surface area contributed by atoms with E-state index in [0.29, 0.717) is 0 Å². The van der Waals surface area contributed by atoms with Crippen LogP contribution in [0.1, 0.15) is 20.7 Å². The highest BCUT2D eigenvalue weighted by Gasteiger charge is 2.29. The zero-order chi connectivity index (χ0) is 24.2. The number of hydrogen-bond donors (Lipinski definition) is 3. The summed E-state index contributed by atoms with van der Waals surface area (Å²) in [5, 5.41) is 24.7. The highest BCUT2D eigenvalue weighted by atomic mass is 35.5. The molecule has 0 fully saturated rings. The van der Waals surface area contributed by atoms with Crippen molar-refractivity contribution in [1.29, 1.82) is 0 Å². The number of halogens is 7. The maximum absolute atomic E-state index is 11.8. The lowest BCUT2D eigenvalue weighted by atomic mass is 10.2. The molecule has 0 unspecified atom stereocenters. The first kappa shape index (κ1) is 28.0. The Labute approximate surface area is 176 Å². The minimum atomic E-state index is -4.48. The highest BCUT2D eigenvalue weighted by molar-refractivity contribution is 6.33. The Hall–Kier alpha value is -2.99. The number of para-hydroxylation sites is 1. The third-order valence-corrected chi connectivity index (χ3v) is 3.12. The summed E-state index contributed by atoms with van der Waals surface area (Å²) in [6.07, 6.45) is -8.88. The summed E-state index contributed by atoms with van der Waals surface area (Å²) in [6, 6.07) is 11.5. The number of aromatic carboxylic acids is 2. The van der Waals surface area contributed by atoms with Gasteiger partial charge in [0.2, 0.25) is 0 Å². The van der Waals surface area contributed by atoms with Gasteiger partial charge in [0.1, 0.15) is 17.9 Å². The Kier molecular flexibility index (Phi) is 11.4. The van der Waals surface area contributed by atoms with Gasteiger partial charge in [0, 0.05) is 0 Å². The van der Waals surface area contributed by atoms with Gasteiger partial charge >= 0.3 is 24.3 Å². The van der Waals surface area contributed by atoms with Crippen molar-refractivity contribution in [3.05, 3.63) is 64.7 Å². The number of alkyl halides is 6. The second-order valence-electron chi connectivity index (χ2n) is 5.26. The molecule has 0 heterocycles. The van der Waals surface area contributed by atoms with Gasteiger partial charge in [-0.05, 0) is 24.3 Å². The van der Waals surface area contributed by atoms with Gasteiger partial charge < -0.3 is 20.1 Å². The largest absolute Gasteiger partial charge is 0.483 e. The second kappa shape index (κ2) is 12.6. The Morgan fingerprint density at radius 3 is 1.58 bits per heavy atom. The summed E-state index contributed by atoms with van der Waals surface area (Å²) in [5.41, 5.74) is -0.147. The van der Waals surface area contributed by atoms with E-state index in [4.69, 9.17) is 26.9 Å². The molecule has 13 heteroatoms. The molecule has 2 aromatic carbocycles. The molecule has 31 heavy (non-hydrogen) atoms. The molecule has 0 aliphatic heterocycles. The predicted octanol–water partition coefficient (Wildman–Crippen LogP) is 4.91. The first-order chi connectivity index (χ1) is 14.2. The SMILES string of the molecule is O=C(O)c1ccccc1Cl.O=C(O)c1ccccc1OCC(F)(F)F.OCC(F)(F)F. The number of carboxylic acid groups (broad SMARTS) is 2. The van der Waals surface area contributed by atoms with Crippen LogP contribution in [0.2, 0.25) is 5.02 Å². The quantitative estimate of drug-likeness (QED) is 0.542. The number of rotatable bonds is 4. The number of carbonyl (C=O) groups is 2. The fourth-order valence-corrected chi connectivity index (χ4v) is 1.78. The Bertz CT molecular complexity index is 854. The predicted molar refractivity (Wildman–Crippen MR) is 96.5 cm³/mol. The van der Waals surface area contributed by atoms with Crippen LogP contribution >= 0.6 is 11.6 Å². The summed E-state index contributed by atoms with van der Waals surface area (Å²) in [6.45, 7) is -3.23. The number of benzene rings is 2. The Balaban J connectivity index is 0.000000484. The van der Waals surface area contributed by atoms with Gasteiger partial charge in [-0.25, -0.2) is 9.59 Å². The molecule has 2 aromatic rings.